The minimum Gasteiger partial charge on any atom is -0.356 e. The summed E-state index contributed by atoms with van der Waals surface area (Å²) in [7, 11) is 0. The molecule has 1 N–H and O–H groups in total. The Morgan fingerprint density at radius 2 is 2.00 bits per heavy atom. The van der Waals surface area contributed by atoms with Gasteiger partial charge < -0.3 is 9.84 Å². The van der Waals surface area contributed by atoms with E-state index in [1.807, 2.05) is 24.3 Å². The van der Waals surface area contributed by atoms with Crippen molar-refractivity contribution in [1.29, 1.82) is 0 Å². The lowest BCUT2D eigenvalue weighted by atomic mass is 10.1. The van der Waals surface area contributed by atoms with E-state index in [2.05, 4.69) is 31.2 Å². The average Bonchev–Trinajstić information content (AvgIpc) is 2.74. The van der Waals surface area contributed by atoms with Crippen LogP contribution >= 0.6 is 11.6 Å². The van der Waals surface area contributed by atoms with Crippen molar-refractivity contribution in [3.8, 4) is 11.3 Å². The molecule has 0 radical (unpaired) electrons. The molecule has 1 aromatic carbocycles. The zero-order chi connectivity index (χ0) is 13.2. The second kappa shape index (κ2) is 5.12. The molecule has 96 valence electrons. The molecule has 1 aromatic heterocycles. The smallest absolute Gasteiger partial charge is 0.172 e. The van der Waals surface area contributed by atoms with Gasteiger partial charge in [0, 0.05) is 23.2 Å². The van der Waals surface area contributed by atoms with Crippen molar-refractivity contribution in [3.05, 3.63) is 41.0 Å². The maximum absolute atomic E-state index is 6.17. The van der Waals surface area contributed by atoms with E-state index in [4.69, 9.17) is 16.1 Å². The monoisotopic (exact) mass is 264 g/mol. The van der Waals surface area contributed by atoms with Crippen LogP contribution in [0.5, 0.6) is 0 Å². The van der Waals surface area contributed by atoms with Crippen molar-refractivity contribution >= 4 is 11.6 Å². The number of benzene rings is 1. The van der Waals surface area contributed by atoms with Gasteiger partial charge >= 0.3 is 0 Å². The Labute approximate surface area is 112 Å². The highest BCUT2D eigenvalue weighted by molar-refractivity contribution is 6.33. The summed E-state index contributed by atoms with van der Waals surface area (Å²) >= 11 is 6.17. The van der Waals surface area contributed by atoms with E-state index in [0.717, 1.165) is 16.9 Å². The van der Waals surface area contributed by atoms with Crippen LogP contribution in [-0.2, 0) is 6.54 Å². The van der Waals surface area contributed by atoms with E-state index >= 15 is 0 Å². The predicted molar refractivity (Wildman–Crippen MR) is 73.5 cm³/mol. The van der Waals surface area contributed by atoms with Crippen LogP contribution in [0, 0.1) is 0 Å². The summed E-state index contributed by atoms with van der Waals surface area (Å²) < 4.78 is 5.32. The first kappa shape index (κ1) is 13.1. The first-order valence-corrected chi connectivity index (χ1v) is 6.28. The SMILES string of the molecule is CC(C)(C)NCc1cnoc1-c1ccccc1Cl. The normalized spacial score (nSPS) is 11.8. The molecule has 0 unspecified atom stereocenters. The van der Waals surface area contributed by atoms with Crippen LogP contribution in [0.2, 0.25) is 5.02 Å². The average molecular weight is 265 g/mol. The third-order valence-corrected chi connectivity index (χ3v) is 2.90. The number of rotatable bonds is 3. The Hall–Kier alpha value is -1.32. The van der Waals surface area contributed by atoms with Crippen LogP contribution in [0.15, 0.2) is 35.0 Å². The fourth-order valence-corrected chi connectivity index (χ4v) is 1.84. The van der Waals surface area contributed by atoms with Crippen LogP contribution in [0.3, 0.4) is 0 Å². The second-order valence-corrected chi connectivity index (χ2v) is 5.67. The maximum atomic E-state index is 6.17. The highest BCUT2D eigenvalue weighted by Gasteiger charge is 2.16. The van der Waals surface area contributed by atoms with Gasteiger partial charge in [0.1, 0.15) is 0 Å². The molecule has 0 aliphatic rings. The van der Waals surface area contributed by atoms with Gasteiger partial charge in [-0.05, 0) is 32.9 Å². The molecule has 18 heavy (non-hydrogen) atoms. The molecule has 0 saturated carbocycles. The van der Waals surface area contributed by atoms with E-state index in [9.17, 15) is 0 Å². The molecule has 0 spiro atoms. The quantitative estimate of drug-likeness (QED) is 0.914. The fourth-order valence-electron chi connectivity index (χ4n) is 1.61. The summed E-state index contributed by atoms with van der Waals surface area (Å²) in [4.78, 5) is 0. The van der Waals surface area contributed by atoms with Gasteiger partial charge in [-0.15, -0.1) is 0 Å². The van der Waals surface area contributed by atoms with Gasteiger partial charge in [0.2, 0.25) is 0 Å². The third kappa shape index (κ3) is 3.12. The molecule has 0 saturated heterocycles. The molecule has 0 amide bonds. The van der Waals surface area contributed by atoms with Crippen molar-refractivity contribution in [1.82, 2.24) is 10.5 Å². The largest absolute Gasteiger partial charge is 0.356 e. The highest BCUT2D eigenvalue weighted by Crippen LogP contribution is 2.30. The van der Waals surface area contributed by atoms with Crippen LogP contribution < -0.4 is 5.32 Å². The van der Waals surface area contributed by atoms with Crippen molar-refractivity contribution in [3.63, 3.8) is 0 Å². The summed E-state index contributed by atoms with van der Waals surface area (Å²) in [5.41, 5.74) is 1.94. The van der Waals surface area contributed by atoms with Crippen molar-refractivity contribution in [2.24, 2.45) is 0 Å². The molecular formula is C14H17ClN2O. The fraction of sp³-hybridized carbons (Fsp3) is 0.357. The van der Waals surface area contributed by atoms with Gasteiger partial charge in [-0.25, -0.2) is 0 Å². The molecule has 1 heterocycles. The van der Waals surface area contributed by atoms with Gasteiger partial charge in [0.25, 0.3) is 0 Å². The number of halogens is 1. The summed E-state index contributed by atoms with van der Waals surface area (Å²) in [5.74, 6) is 0.734. The summed E-state index contributed by atoms with van der Waals surface area (Å²) in [6.07, 6.45) is 1.73. The Kier molecular flexibility index (Phi) is 3.73. The van der Waals surface area contributed by atoms with Crippen LogP contribution in [0.25, 0.3) is 11.3 Å². The van der Waals surface area contributed by atoms with E-state index in [1.165, 1.54) is 0 Å². The Morgan fingerprint density at radius 3 is 2.67 bits per heavy atom. The predicted octanol–water partition coefficient (Wildman–Crippen LogP) is 3.88. The van der Waals surface area contributed by atoms with E-state index in [0.29, 0.717) is 11.6 Å². The van der Waals surface area contributed by atoms with Crippen LogP contribution in [-0.4, -0.2) is 10.7 Å². The standard InChI is InChI=1S/C14H17ClN2O/c1-14(2,3)16-8-10-9-17-18-13(10)11-6-4-5-7-12(11)15/h4-7,9,16H,8H2,1-3H3. The molecule has 2 rings (SSSR count). The topological polar surface area (TPSA) is 38.1 Å². The Bertz CT molecular complexity index is 529. The first-order valence-electron chi connectivity index (χ1n) is 5.91. The highest BCUT2D eigenvalue weighted by atomic mass is 35.5. The van der Waals surface area contributed by atoms with E-state index < -0.39 is 0 Å². The molecular weight excluding hydrogens is 248 g/mol. The molecule has 0 fully saturated rings. The minimum absolute atomic E-state index is 0.0506. The van der Waals surface area contributed by atoms with Crippen molar-refractivity contribution < 1.29 is 4.52 Å². The summed E-state index contributed by atoms with van der Waals surface area (Å²) in [6.45, 7) is 7.06. The van der Waals surface area contributed by atoms with E-state index in [1.54, 1.807) is 6.20 Å². The third-order valence-electron chi connectivity index (χ3n) is 2.57. The second-order valence-electron chi connectivity index (χ2n) is 5.26. The van der Waals surface area contributed by atoms with Crippen LogP contribution in [0.4, 0.5) is 0 Å². The van der Waals surface area contributed by atoms with Gasteiger partial charge in [0.05, 0.1) is 11.2 Å². The lowest BCUT2D eigenvalue weighted by Crippen LogP contribution is -2.35. The Balaban J connectivity index is 2.26. The zero-order valence-corrected chi connectivity index (χ0v) is 11.6. The number of nitrogens with zero attached hydrogens (tertiary/aromatic N) is 1. The van der Waals surface area contributed by atoms with Gasteiger partial charge in [-0.2, -0.15) is 0 Å². The minimum atomic E-state index is 0.0506. The molecule has 3 nitrogen and oxygen atoms in total. The number of hydrogen-bond acceptors (Lipinski definition) is 3. The van der Waals surface area contributed by atoms with Gasteiger partial charge in [-0.1, -0.05) is 28.9 Å². The summed E-state index contributed by atoms with van der Waals surface area (Å²) in [6, 6.07) is 7.61. The maximum Gasteiger partial charge on any atom is 0.172 e. The number of nitrogens with one attached hydrogen (secondary N) is 1. The Morgan fingerprint density at radius 1 is 1.28 bits per heavy atom. The van der Waals surface area contributed by atoms with Crippen molar-refractivity contribution in [2.75, 3.05) is 0 Å². The van der Waals surface area contributed by atoms with Crippen molar-refractivity contribution in [2.45, 2.75) is 32.9 Å². The molecule has 2 aromatic rings. The molecule has 0 atom stereocenters. The zero-order valence-electron chi connectivity index (χ0n) is 10.8. The van der Waals surface area contributed by atoms with Gasteiger partial charge in [-0.3, -0.25) is 0 Å². The lowest BCUT2D eigenvalue weighted by Gasteiger charge is -2.20. The molecule has 0 aliphatic carbocycles. The molecule has 0 aliphatic heterocycles. The summed E-state index contributed by atoms with van der Waals surface area (Å²) in [5, 5.41) is 7.95. The first-order chi connectivity index (χ1) is 8.47. The molecule has 4 heteroatoms. The number of hydrogen-bond donors (Lipinski definition) is 1. The molecule has 0 bridgehead atoms. The van der Waals surface area contributed by atoms with Gasteiger partial charge in [0.15, 0.2) is 5.76 Å². The van der Waals surface area contributed by atoms with Crippen LogP contribution in [0.1, 0.15) is 26.3 Å². The lowest BCUT2D eigenvalue weighted by molar-refractivity contribution is 0.418. The number of aromatic nitrogens is 1. The van der Waals surface area contributed by atoms with E-state index in [-0.39, 0.29) is 5.54 Å².